The van der Waals surface area contributed by atoms with Gasteiger partial charge in [-0.3, -0.25) is 10.1 Å². The SMILES string of the molecule is Cc1cc(C#N)cnc1C(=O)Nc1ccc(F)c(C2(C(F)(F)F)COCC(NC(=O)OC(C)(C)C)=N2)c1. The summed E-state index contributed by atoms with van der Waals surface area (Å²) >= 11 is 0. The molecule has 1 atom stereocenters. The number of hydrogen-bond donors (Lipinski definition) is 2. The largest absolute Gasteiger partial charge is 0.444 e. The first-order valence-corrected chi connectivity index (χ1v) is 10.9. The van der Waals surface area contributed by atoms with E-state index in [9.17, 15) is 27.2 Å². The van der Waals surface area contributed by atoms with Gasteiger partial charge in [-0.25, -0.2) is 19.2 Å². The molecule has 1 aromatic heterocycles. The molecule has 0 saturated carbocycles. The molecule has 2 heterocycles. The number of halogens is 4. The van der Waals surface area contributed by atoms with Crippen LogP contribution in [0, 0.1) is 24.1 Å². The second-order valence-corrected chi connectivity index (χ2v) is 9.19. The van der Waals surface area contributed by atoms with Gasteiger partial charge in [-0.15, -0.1) is 0 Å². The Hall–Kier alpha value is -4.05. The summed E-state index contributed by atoms with van der Waals surface area (Å²) < 4.78 is 68.2. The van der Waals surface area contributed by atoms with Crippen LogP contribution in [0.15, 0.2) is 35.5 Å². The number of alkyl halides is 3. The number of ether oxygens (including phenoxy) is 2. The van der Waals surface area contributed by atoms with Gasteiger partial charge in [-0.05, 0) is 57.5 Å². The van der Waals surface area contributed by atoms with Crippen molar-refractivity contribution in [2.75, 3.05) is 18.5 Å². The minimum Gasteiger partial charge on any atom is -0.444 e. The minimum atomic E-state index is -5.15. The predicted octanol–water partition coefficient (Wildman–Crippen LogP) is 4.36. The molecule has 1 aliphatic heterocycles. The molecule has 1 unspecified atom stereocenters. The maximum atomic E-state index is 14.9. The highest BCUT2D eigenvalue weighted by Gasteiger charge is 2.59. The number of alkyl carbamates (subject to hydrolysis) is 1. The van der Waals surface area contributed by atoms with E-state index in [0.29, 0.717) is 5.56 Å². The third kappa shape index (κ3) is 6.21. The van der Waals surface area contributed by atoms with Crippen LogP contribution in [-0.2, 0) is 15.0 Å². The Morgan fingerprint density at radius 3 is 2.49 bits per heavy atom. The molecule has 2 N–H and O–H groups in total. The molecular formula is C24H23F4N5O4. The van der Waals surface area contributed by atoms with Crippen molar-refractivity contribution in [3.63, 3.8) is 0 Å². The van der Waals surface area contributed by atoms with Gasteiger partial charge in [0, 0.05) is 17.4 Å². The fraction of sp³-hybridized carbons (Fsp3) is 0.375. The maximum Gasteiger partial charge on any atom is 0.420 e. The lowest BCUT2D eigenvalue weighted by Gasteiger charge is -2.36. The number of aryl methyl sites for hydroxylation is 1. The van der Waals surface area contributed by atoms with E-state index in [1.807, 2.05) is 6.07 Å². The van der Waals surface area contributed by atoms with Crippen LogP contribution in [-0.4, -0.2) is 47.8 Å². The van der Waals surface area contributed by atoms with E-state index in [1.165, 1.54) is 19.2 Å². The van der Waals surface area contributed by atoms with Crippen molar-refractivity contribution >= 4 is 23.5 Å². The Morgan fingerprint density at radius 1 is 1.19 bits per heavy atom. The van der Waals surface area contributed by atoms with Gasteiger partial charge < -0.3 is 14.8 Å². The molecule has 37 heavy (non-hydrogen) atoms. The van der Waals surface area contributed by atoms with E-state index in [1.54, 1.807) is 20.8 Å². The first-order chi connectivity index (χ1) is 17.1. The molecule has 0 fully saturated rings. The third-order valence-corrected chi connectivity index (χ3v) is 5.08. The normalized spacial score (nSPS) is 17.9. The zero-order chi connectivity index (χ0) is 27.6. The number of anilines is 1. The second-order valence-electron chi connectivity index (χ2n) is 9.19. The number of amidine groups is 1. The smallest absolute Gasteiger partial charge is 0.420 e. The summed E-state index contributed by atoms with van der Waals surface area (Å²) in [6.45, 7) is 4.69. The topological polar surface area (TPSA) is 126 Å². The van der Waals surface area contributed by atoms with Gasteiger partial charge >= 0.3 is 12.3 Å². The van der Waals surface area contributed by atoms with E-state index in [2.05, 4.69) is 20.6 Å². The van der Waals surface area contributed by atoms with Crippen LogP contribution in [0.2, 0.25) is 0 Å². The monoisotopic (exact) mass is 521 g/mol. The number of amides is 2. The highest BCUT2D eigenvalue weighted by molar-refractivity contribution is 6.04. The van der Waals surface area contributed by atoms with Crippen LogP contribution in [0.25, 0.3) is 0 Å². The zero-order valence-electron chi connectivity index (χ0n) is 20.3. The summed E-state index contributed by atoms with van der Waals surface area (Å²) in [7, 11) is 0. The van der Waals surface area contributed by atoms with Crippen LogP contribution in [0.4, 0.5) is 28.0 Å². The van der Waals surface area contributed by atoms with Crippen molar-refractivity contribution in [3.05, 3.63) is 58.7 Å². The molecule has 9 nitrogen and oxygen atoms in total. The van der Waals surface area contributed by atoms with E-state index in [0.717, 1.165) is 18.2 Å². The molecule has 1 aliphatic rings. The van der Waals surface area contributed by atoms with Crippen molar-refractivity contribution < 1.29 is 36.6 Å². The lowest BCUT2D eigenvalue weighted by molar-refractivity contribution is -0.206. The number of nitrogens with zero attached hydrogens (tertiary/aromatic N) is 3. The Morgan fingerprint density at radius 2 is 1.89 bits per heavy atom. The molecule has 2 aromatic rings. The molecule has 3 rings (SSSR count). The fourth-order valence-corrected chi connectivity index (χ4v) is 3.50. The average molecular weight is 521 g/mol. The van der Waals surface area contributed by atoms with Gasteiger partial charge in [0.2, 0.25) is 5.54 Å². The van der Waals surface area contributed by atoms with Crippen LogP contribution in [0.1, 0.15) is 48.0 Å². The molecule has 13 heteroatoms. The number of pyridine rings is 1. The molecule has 1 aromatic carbocycles. The van der Waals surface area contributed by atoms with Gasteiger partial charge in [0.05, 0.1) is 12.2 Å². The second kappa shape index (κ2) is 10.1. The molecule has 0 saturated heterocycles. The molecule has 0 aliphatic carbocycles. The number of aromatic nitrogens is 1. The summed E-state index contributed by atoms with van der Waals surface area (Å²) in [6, 6.07) is 5.92. The summed E-state index contributed by atoms with van der Waals surface area (Å²) in [6.07, 6.45) is -5.04. The van der Waals surface area contributed by atoms with E-state index in [-0.39, 0.29) is 16.9 Å². The van der Waals surface area contributed by atoms with Crippen LogP contribution >= 0.6 is 0 Å². The third-order valence-electron chi connectivity index (χ3n) is 5.08. The van der Waals surface area contributed by atoms with Crippen molar-refractivity contribution in [2.45, 2.75) is 45.0 Å². The Labute approximate surface area is 209 Å². The predicted molar refractivity (Wildman–Crippen MR) is 123 cm³/mol. The average Bonchev–Trinajstić information content (AvgIpc) is 2.78. The van der Waals surface area contributed by atoms with Gasteiger partial charge in [0.25, 0.3) is 5.91 Å². The maximum absolute atomic E-state index is 14.9. The number of rotatable bonds is 3. The number of hydrogen-bond acceptors (Lipinski definition) is 7. The van der Waals surface area contributed by atoms with Crippen molar-refractivity contribution in [2.24, 2.45) is 4.99 Å². The lowest BCUT2D eigenvalue weighted by atomic mass is 9.88. The summed E-state index contributed by atoms with van der Waals surface area (Å²) in [4.78, 5) is 32.3. The lowest BCUT2D eigenvalue weighted by Crippen LogP contribution is -2.52. The standard InChI is InChI=1S/C24H23F4N5O4/c1-13-7-14(9-29)10-30-19(13)20(34)31-15-5-6-17(25)16(8-15)23(24(26,27)28)12-36-11-18(33-23)32-21(35)37-22(2,3)4/h5-8,10H,11-12H2,1-4H3,(H,31,34)(H,32,33,35). The summed E-state index contributed by atoms with van der Waals surface area (Å²) in [5.74, 6) is -2.55. The number of carbonyl (C=O) groups is 2. The van der Waals surface area contributed by atoms with Crippen molar-refractivity contribution in [1.82, 2.24) is 10.3 Å². The molecule has 0 bridgehead atoms. The van der Waals surface area contributed by atoms with Crippen LogP contribution in [0.3, 0.4) is 0 Å². The molecule has 0 radical (unpaired) electrons. The van der Waals surface area contributed by atoms with Gasteiger partial charge in [-0.1, -0.05) is 0 Å². The summed E-state index contributed by atoms with van der Waals surface area (Å²) in [5, 5.41) is 13.4. The Kier molecular flexibility index (Phi) is 7.54. The molecule has 2 amide bonds. The highest BCUT2D eigenvalue weighted by atomic mass is 19.4. The first kappa shape index (κ1) is 27.5. The van der Waals surface area contributed by atoms with Crippen LogP contribution < -0.4 is 10.6 Å². The van der Waals surface area contributed by atoms with E-state index >= 15 is 0 Å². The molecule has 0 spiro atoms. The quantitative estimate of drug-likeness (QED) is 0.578. The number of aliphatic imine (C=N–C) groups is 1. The van der Waals surface area contributed by atoms with E-state index < -0.39 is 59.7 Å². The summed E-state index contributed by atoms with van der Waals surface area (Å²) in [5.41, 5.74) is -4.74. The number of benzene rings is 1. The number of nitrogens with one attached hydrogen (secondary N) is 2. The molecular weight excluding hydrogens is 498 g/mol. The van der Waals surface area contributed by atoms with Crippen molar-refractivity contribution in [3.8, 4) is 6.07 Å². The fourth-order valence-electron chi connectivity index (χ4n) is 3.50. The number of nitriles is 1. The van der Waals surface area contributed by atoms with Crippen molar-refractivity contribution in [1.29, 1.82) is 5.26 Å². The number of carbonyl (C=O) groups excluding carboxylic acids is 2. The Bertz CT molecular complexity index is 1300. The van der Waals surface area contributed by atoms with E-state index in [4.69, 9.17) is 14.7 Å². The first-order valence-electron chi connectivity index (χ1n) is 10.9. The van der Waals surface area contributed by atoms with Gasteiger partial charge in [0.1, 0.15) is 35.6 Å². The van der Waals surface area contributed by atoms with Gasteiger partial charge in [0.15, 0.2) is 0 Å². The highest BCUT2D eigenvalue weighted by Crippen LogP contribution is 2.45. The van der Waals surface area contributed by atoms with Gasteiger partial charge in [-0.2, -0.15) is 18.4 Å². The minimum absolute atomic E-state index is 0.0710. The zero-order valence-corrected chi connectivity index (χ0v) is 20.3. The molecule has 196 valence electrons. The Balaban J connectivity index is 1.99. The van der Waals surface area contributed by atoms with Crippen LogP contribution in [0.5, 0.6) is 0 Å².